The molecule has 0 radical (unpaired) electrons. The van der Waals surface area contributed by atoms with Crippen LogP contribution in [0.5, 0.6) is 5.75 Å². The number of anilines is 1. The molecule has 0 unspecified atom stereocenters. The SMILES string of the molecule is N#Cc1ccc(NC(=O)c2cccc(OCc3ccc(Cl)cn3)c2)cc1. The third-order valence-electron chi connectivity index (χ3n) is 3.54. The Morgan fingerprint density at radius 3 is 2.65 bits per heavy atom. The van der Waals surface area contributed by atoms with E-state index in [0.29, 0.717) is 27.6 Å². The molecule has 26 heavy (non-hydrogen) atoms. The smallest absolute Gasteiger partial charge is 0.255 e. The van der Waals surface area contributed by atoms with Gasteiger partial charge < -0.3 is 10.1 Å². The summed E-state index contributed by atoms with van der Waals surface area (Å²) >= 11 is 5.80. The molecule has 0 fully saturated rings. The number of rotatable bonds is 5. The fourth-order valence-corrected chi connectivity index (χ4v) is 2.32. The Bertz CT molecular complexity index is 948. The zero-order valence-corrected chi connectivity index (χ0v) is 14.4. The number of carbonyl (C=O) groups is 1. The van der Waals surface area contributed by atoms with Crippen molar-refractivity contribution in [3.8, 4) is 11.8 Å². The monoisotopic (exact) mass is 363 g/mol. The number of ether oxygens (including phenoxy) is 1. The Hall–Kier alpha value is -3.36. The largest absolute Gasteiger partial charge is 0.487 e. The number of halogens is 1. The van der Waals surface area contributed by atoms with E-state index in [2.05, 4.69) is 10.3 Å². The Labute approximate surface area is 155 Å². The van der Waals surface area contributed by atoms with E-state index < -0.39 is 0 Å². The summed E-state index contributed by atoms with van der Waals surface area (Å²) in [6, 6.07) is 19.1. The van der Waals surface area contributed by atoms with E-state index in [1.54, 1.807) is 66.9 Å². The molecule has 0 spiro atoms. The normalized spacial score (nSPS) is 10.0. The van der Waals surface area contributed by atoms with Crippen LogP contribution in [0.1, 0.15) is 21.6 Å². The second kappa shape index (κ2) is 8.15. The van der Waals surface area contributed by atoms with Gasteiger partial charge in [-0.3, -0.25) is 9.78 Å². The van der Waals surface area contributed by atoms with Crippen molar-refractivity contribution < 1.29 is 9.53 Å². The van der Waals surface area contributed by atoms with Crippen LogP contribution in [0.3, 0.4) is 0 Å². The van der Waals surface area contributed by atoms with Crippen molar-refractivity contribution in [3.05, 3.63) is 88.7 Å². The summed E-state index contributed by atoms with van der Waals surface area (Å²) in [5, 5.41) is 12.2. The molecule has 0 saturated carbocycles. The average Bonchev–Trinajstić information content (AvgIpc) is 2.68. The molecule has 128 valence electrons. The van der Waals surface area contributed by atoms with Gasteiger partial charge in [0.05, 0.1) is 22.3 Å². The zero-order chi connectivity index (χ0) is 18.4. The molecule has 0 aliphatic rings. The highest BCUT2D eigenvalue weighted by atomic mass is 35.5. The van der Waals surface area contributed by atoms with E-state index in [-0.39, 0.29) is 12.5 Å². The molecule has 0 bridgehead atoms. The Morgan fingerprint density at radius 1 is 1.15 bits per heavy atom. The van der Waals surface area contributed by atoms with E-state index in [1.807, 2.05) is 6.07 Å². The predicted octanol–water partition coefficient (Wildman–Crippen LogP) is 4.44. The third kappa shape index (κ3) is 4.59. The van der Waals surface area contributed by atoms with Crippen LogP contribution < -0.4 is 10.1 Å². The molecule has 1 aromatic heterocycles. The van der Waals surface area contributed by atoms with Crippen LogP contribution in [-0.2, 0) is 6.61 Å². The minimum atomic E-state index is -0.259. The standard InChI is InChI=1S/C20H14ClN3O2/c21-16-6-9-18(23-12-16)13-26-19-3-1-2-15(10-19)20(25)24-17-7-4-14(11-22)5-8-17/h1-10,12H,13H2,(H,24,25). The molecule has 2 aromatic carbocycles. The molecule has 0 saturated heterocycles. The molecule has 6 heteroatoms. The molecule has 1 amide bonds. The summed E-state index contributed by atoms with van der Waals surface area (Å²) in [5.41, 5.74) is 2.36. The third-order valence-corrected chi connectivity index (χ3v) is 3.77. The van der Waals surface area contributed by atoms with Crippen LogP contribution in [0.15, 0.2) is 66.9 Å². The van der Waals surface area contributed by atoms with Crippen molar-refractivity contribution in [2.45, 2.75) is 6.61 Å². The first-order valence-electron chi connectivity index (χ1n) is 7.79. The van der Waals surface area contributed by atoms with Crippen LogP contribution in [0.2, 0.25) is 5.02 Å². The van der Waals surface area contributed by atoms with Gasteiger partial charge in [-0.2, -0.15) is 5.26 Å². The zero-order valence-electron chi connectivity index (χ0n) is 13.6. The first-order valence-corrected chi connectivity index (χ1v) is 8.16. The molecular formula is C20H14ClN3O2. The van der Waals surface area contributed by atoms with E-state index in [4.69, 9.17) is 21.6 Å². The van der Waals surface area contributed by atoms with Crippen molar-refractivity contribution in [2.75, 3.05) is 5.32 Å². The number of carbonyl (C=O) groups excluding carboxylic acids is 1. The van der Waals surface area contributed by atoms with Gasteiger partial charge in [0.1, 0.15) is 12.4 Å². The molecular weight excluding hydrogens is 350 g/mol. The molecule has 0 aliphatic heterocycles. The lowest BCUT2D eigenvalue weighted by molar-refractivity contribution is 0.102. The molecule has 5 nitrogen and oxygen atoms in total. The first kappa shape index (κ1) is 17.5. The molecule has 0 aliphatic carbocycles. The predicted molar refractivity (Wildman–Crippen MR) is 99.1 cm³/mol. The van der Waals surface area contributed by atoms with Gasteiger partial charge >= 0.3 is 0 Å². The van der Waals surface area contributed by atoms with E-state index in [1.165, 1.54) is 0 Å². The Morgan fingerprint density at radius 2 is 1.96 bits per heavy atom. The van der Waals surface area contributed by atoms with E-state index in [9.17, 15) is 4.79 Å². The molecule has 1 heterocycles. The maximum atomic E-state index is 12.4. The number of amides is 1. The number of pyridine rings is 1. The van der Waals surface area contributed by atoms with Crippen molar-refractivity contribution in [1.82, 2.24) is 4.98 Å². The topological polar surface area (TPSA) is 75.0 Å². The summed E-state index contributed by atoms with van der Waals surface area (Å²) < 4.78 is 5.68. The number of hydrogen-bond donors (Lipinski definition) is 1. The highest BCUT2D eigenvalue weighted by Gasteiger charge is 2.08. The van der Waals surface area contributed by atoms with Crippen molar-refractivity contribution in [3.63, 3.8) is 0 Å². The molecule has 3 rings (SSSR count). The number of benzene rings is 2. The highest BCUT2D eigenvalue weighted by molar-refractivity contribution is 6.30. The summed E-state index contributed by atoms with van der Waals surface area (Å²) in [6.07, 6.45) is 1.56. The van der Waals surface area contributed by atoms with Crippen molar-refractivity contribution in [2.24, 2.45) is 0 Å². The maximum Gasteiger partial charge on any atom is 0.255 e. The lowest BCUT2D eigenvalue weighted by atomic mass is 10.2. The van der Waals surface area contributed by atoms with E-state index in [0.717, 1.165) is 5.69 Å². The van der Waals surface area contributed by atoms with Crippen molar-refractivity contribution >= 4 is 23.2 Å². The second-order valence-corrected chi connectivity index (χ2v) is 5.86. The molecule has 0 atom stereocenters. The average molecular weight is 364 g/mol. The number of nitrogens with one attached hydrogen (secondary N) is 1. The molecule has 3 aromatic rings. The van der Waals surface area contributed by atoms with Gasteiger partial charge in [-0.25, -0.2) is 0 Å². The maximum absolute atomic E-state index is 12.4. The van der Waals surface area contributed by atoms with Crippen LogP contribution in [0.25, 0.3) is 0 Å². The molecule has 1 N–H and O–H groups in total. The number of nitriles is 1. The van der Waals surface area contributed by atoms with E-state index >= 15 is 0 Å². The number of aromatic nitrogens is 1. The number of hydrogen-bond acceptors (Lipinski definition) is 4. The fraction of sp³-hybridized carbons (Fsp3) is 0.0500. The van der Waals surface area contributed by atoms with Gasteiger partial charge in [0.15, 0.2) is 0 Å². The van der Waals surface area contributed by atoms with Crippen LogP contribution in [0.4, 0.5) is 5.69 Å². The van der Waals surface area contributed by atoms with Crippen LogP contribution >= 0.6 is 11.6 Å². The van der Waals surface area contributed by atoms with Gasteiger partial charge in [0.25, 0.3) is 5.91 Å². The summed E-state index contributed by atoms with van der Waals surface area (Å²) in [6.45, 7) is 0.276. The highest BCUT2D eigenvalue weighted by Crippen LogP contribution is 2.17. The lowest BCUT2D eigenvalue weighted by Gasteiger charge is -2.09. The summed E-state index contributed by atoms with van der Waals surface area (Å²) in [4.78, 5) is 16.5. The van der Waals surface area contributed by atoms with Crippen LogP contribution in [-0.4, -0.2) is 10.9 Å². The van der Waals surface area contributed by atoms with Crippen molar-refractivity contribution in [1.29, 1.82) is 5.26 Å². The van der Waals surface area contributed by atoms with Gasteiger partial charge in [0, 0.05) is 17.4 Å². The lowest BCUT2D eigenvalue weighted by Crippen LogP contribution is -2.12. The minimum absolute atomic E-state index is 0.259. The summed E-state index contributed by atoms with van der Waals surface area (Å²) in [7, 11) is 0. The van der Waals surface area contributed by atoms with Gasteiger partial charge in [-0.15, -0.1) is 0 Å². The van der Waals surface area contributed by atoms with Gasteiger partial charge in [-0.05, 0) is 54.6 Å². The second-order valence-electron chi connectivity index (χ2n) is 5.43. The Balaban J connectivity index is 1.64. The Kier molecular flexibility index (Phi) is 5.47. The van der Waals surface area contributed by atoms with Crippen LogP contribution in [0, 0.1) is 11.3 Å². The fourth-order valence-electron chi connectivity index (χ4n) is 2.21. The van der Waals surface area contributed by atoms with Gasteiger partial charge in [-0.1, -0.05) is 17.7 Å². The van der Waals surface area contributed by atoms with Gasteiger partial charge in [0.2, 0.25) is 0 Å². The summed E-state index contributed by atoms with van der Waals surface area (Å²) in [5.74, 6) is 0.305. The first-order chi connectivity index (χ1) is 12.6. The minimum Gasteiger partial charge on any atom is -0.487 e. The quantitative estimate of drug-likeness (QED) is 0.727. The number of nitrogens with zero attached hydrogens (tertiary/aromatic N) is 2.